The summed E-state index contributed by atoms with van der Waals surface area (Å²) < 4.78 is 16.8. The second-order valence-corrected chi connectivity index (χ2v) is 4.96. The molecule has 0 radical (unpaired) electrons. The molecular formula is C17H19NO3. The number of rotatable bonds is 6. The van der Waals surface area contributed by atoms with Crippen LogP contribution in [0.2, 0.25) is 0 Å². The van der Waals surface area contributed by atoms with Crippen molar-refractivity contribution in [2.45, 2.75) is 12.7 Å². The number of benzene rings is 2. The van der Waals surface area contributed by atoms with Gasteiger partial charge in [0.1, 0.15) is 0 Å². The van der Waals surface area contributed by atoms with Crippen LogP contribution in [0.4, 0.5) is 0 Å². The summed E-state index contributed by atoms with van der Waals surface area (Å²) in [5.74, 6) is 1.59. The normalized spacial score (nSPS) is 14.1. The lowest BCUT2D eigenvalue weighted by Crippen LogP contribution is -2.19. The summed E-state index contributed by atoms with van der Waals surface area (Å²) in [6.45, 7) is 1.61. The van der Waals surface area contributed by atoms with Crippen LogP contribution in [0, 0.1) is 0 Å². The topological polar surface area (TPSA) is 39.7 Å². The fraction of sp³-hybridized carbons (Fsp3) is 0.294. The minimum Gasteiger partial charge on any atom is -0.454 e. The van der Waals surface area contributed by atoms with Gasteiger partial charge in [0.05, 0.1) is 12.7 Å². The number of ether oxygens (including phenoxy) is 3. The standard InChI is InChI=1S/C17H19NO3/c1-18-10-17(14-5-3-2-4-6-14)19-11-13-7-8-15-16(9-13)21-12-20-15/h2-9,17-18H,10-12H2,1H3. The first-order valence-corrected chi connectivity index (χ1v) is 7.06. The molecule has 0 amide bonds. The Morgan fingerprint density at radius 3 is 2.71 bits per heavy atom. The maximum absolute atomic E-state index is 6.06. The summed E-state index contributed by atoms with van der Waals surface area (Å²) >= 11 is 0. The first-order chi connectivity index (χ1) is 10.4. The summed E-state index contributed by atoms with van der Waals surface area (Å²) in [5.41, 5.74) is 2.25. The average Bonchev–Trinajstić information content (AvgIpc) is 3.00. The molecule has 0 fully saturated rings. The van der Waals surface area contributed by atoms with E-state index in [0.717, 1.165) is 23.6 Å². The van der Waals surface area contributed by atoms with Gasteiger partial charge in [0.2, 0.25) is 6.79 Å². The smallest absolute Gasteiger partial charge is 0.231 e. The SMILES string of the molecule is CNCC(OCc1ccc2c(c1)OCO2)c1ccccc1. The van der Waals surface area contributed by atoms with E-state index in [0.29, 0.717) is 13.4 Å². The van der Waals surface area contributed by atoms with Gasteiger partial charge in [0, 0.05) is 6.54 Å². The number of hydrogen-bond acceptors (Lipinski definition) is 4. The van der Waals surface area contributed by atoms with Crippen molar-refractivity contribution in [3.63, 3.8) is 0 Å². The summed E-state index contributed by atoms with van der Waals surface area (Å²) in [6, 6.07) is 16.2. The minimum absolute atomic E-state index is 0.0293. The molecule has 1 heterocycles. The van der Waals surface area contributed by atoms with Crippen LogP contribution >= 0.6 is 0 Å². The average molecular weight is 285 g/mol. The second kappa shape index (κ2) is 6.61. The monoisotopic (exact) mass is 285 g/mol. The minimum atomic E-state index is 0.0293. The van der Waals surface area contributed by atoms with E-state index in [-0.39, 0.29) is 6.10 Å². The van der Waals surface area contributed by atoms with Gasteiger partial charge in [0.25, 0.3) is 0 Å². The Balaban J connectivity index is 1.67. The molecule has 2 aromatic carbocycles. The Morgan fingerprint density at radius 2 is 1.90 bits per heavy atom. The van der Waals surface area contributed by atoms with Crippen molar-refractivity contribution in [2.75, 3.05) is 20.4 Å². The lowest BCUT2D eigenvalue weighted by atomic mass is 10.1. The van der Waals surface area contributed by atoms with Crippen LogP contribution in [0.25, 0.3) is 0 Å². The van der Waals surface area contributed by atoms with Crippen molar-refractivity contribution in [1.29, 1.82) is 0 Å². The molecular weight excluding hydrogens is 266 g/mol. The Hall–Kier alpha value is -2.04. The molecule has 2 aromatic rings. The number of hydrogen-bond donors (Lipinski definition) is 1. The molecule has 1 atom stereocenters. The maximum Gasteiger partial charge on any atom is 0.231 e. The molecule has 0 aliphatic carbocycles. The zero-order valence-electron chi connectivity index (χ0n) is 12.0. The molecule has 1 aliphatic heterocycles. The molecule has 110 valence electrons. The van der Waals surface area contributed by atoms with Crippen LogP contribution in [0.15, 0.2) is 48.5 Å². The predicted molar refractivity (Wildman–Crippen MR) is 80.5 cm³/mol. The fourth-order valence-electron chi connectivity index (χ4n) is 2.35. The maximum atomic E-state index is 6.06. The largest absolute Gasteiger partial charge is 0.454 e. The third-order valence-electron chi connectivity index (χ3n) is 3.45. The summed E-state index contributed by atoms with van der Waals surface area (Å²) in [5, 5.41) is 3.17. The molecule has 4 nitrogen and oxygen atoms in total. The van der Waals surface area contributed by atoms with Gasteiger partial charge in [-0.25, -0.2) is 0 Å². The summed E-state index contributed by atoms with van der Waals surface area (Å²) in [6.07, 6.45) is 0.0293. The Kier molecular flexibility index (Phi) is 4.38. The van der Waals surface area contributed by atoms with E-state index in [1.54, 1.807) is 0 Å². The Morgan fingerprint density at radius 1 is 1.10 bits per heavy atom. The van der Waals surface area contributed by atoms with E-state index in [2.05, 4.69) is 17.4 Å². The second-order valence-electron chi connectivity index (χ2n) is 4.96. The van der Waals surface area contributed by atoms with Crippen molar-refractivity contribution in [3.05, 3.63) is 59.7 Å². The molecule has 3 rings (SSSR count). The fourth-order valence-corrected chi connectivity index (χ4v) is 2.35. The number of nitrogens with one attached hydrogen (secondary N) is 1. The molecule has 1 unspecified atom stereocenters. The molecule has 0 bridgehead atoms. The van der Waals surface area contributed by atoms with Gasteiger partial charge in [-0.1, -0.05) is 36.4 Å². The molecule has 0 spiro atoms. The third kappa shape index (κ3) is 3.35. The van der Waals surface area contributed by atoms with Crippen molar-refractivity contribution in [2.24, 2.45) is 0 Å². The van der Waals surface area contributed by atoms with Crippen LogP contribution < -0.4 is 14.8 Å². The van der Waals surface area contributed by atoms with Gasteiger partial charge in [-0.15, -0.1) is 0 Å². The van der Waals surface area contributed by atoms with E-state index in [4.69, 9.17) is 14.2 Å². The highest BCUT2D eigenvalue weighted by atomic mass is 16.7. The Bertz CT molecular complexity index is 586. The van der Waals surface area contributed by atoms with E-state index >= 15 is 0 Å². The highest BCUT2D eigenvalue weighted by molar-refractivity contribution is 5.44. The quantitative estimate of drug-likeness (QED) is 0.886. The highest BCUT2D eigenvalue weighted by Crippen LogP contribution is 2.33. The highest BCUT2D eigenvalue weighted by Gasteiger charge is 2.15. The molecule has 4 heteroatoms. The molecule has 1 N–H and O–H groups in total. The van der Waals surface area contributed by atoms with Crippen molar-refractivity contribution in [3.8, 4) is 11.5 Å². The van der Waals surface area contributed by atoms with Crippen LogP contribution in [-0.4, -0.2) is 20.4 Å². The van der Waals surface area contributed by atoms with Crippen molar-refractivity contribution in [1.82, 2.24) is 5.32 Å². The van der Waals surface area contributed by atoms with Crippen LogP contribution in [0.3, 0.4) is 0 Å². The first-order valence-electron chi connectivity index (χ1n) is 7.06. The third-order valence-corrected chi connectivity index (χ3v) is 3.45. The van der Waals surface area contributed by atoms with Gasteiger partial charge in [-0.2, -0.15) is 0 Å². The van der Waals surface area contributed by atoms with E-state index in [9.17, 15) is 0 Å². The van der Waals surface area contributed by atoms with Crippen LogP contribution in [0.1, 0.15) is 17.2 Å². The van der Waals surface area contributed by atoms with Crippen LogP contribution in [-0.2, 0) is 11.3 Å². The van der Waals surface area contributed by atoms with Gasteiger partial charge < -0.3 is 19.5 Å². The number of likely N-dealkylation sites (N-methyl/N-ethyl adjacent to an activating group) is 1. The summed E-state index contributed by atoms with van der Waals surface area (Å²) in [7, 11) is 1.93. The molecule has 0 aromatic heterocycles. The first kappa shape index (κ1) is 13.9. The lowest BCUT2D eigenvalue weighted by Gasteiger charge is -2.18. The molecule has 0 saturated carbocycles. The zero-order valence-corrected chi connectivity index (χ0v) is 12.0. The van der Waals surface area contributed by atoms with Gasteiger partial charge >= 0.3 is 0 Å². The zero-order chi connectivity index (χ0) is 14.5. The molecule has 0 saturated heterocycles. The molecule has 21 heavy (non-hydrogen) atoms. The van der Waals surface area contributed by atoms with Gasteiger partial charge in [0.15, 0.2) is 11.5 Å². The predicted octanol–water partition coefficient (Wildman–Crippen LogP) is 2.89. The van der Waals surface area contributed by atoms with E-state index in [1.807, 2.05) is 43.4 Å². The lowest BCUT2D eigenvalue weighted by molar-refractivity contribution is 0.0410. The Labute approximate surface area is 124 Å². The van der Waals surface area contributed by atoms with Crippen LogP contribution in [0.5, 0.6) is 11.5 Å². The van der Waals surface area contributed by atoms with Gasteiger partial charge in [-0.05, 0) is 30.3 Å². The molecule has 1 aliphatic rings. The summed E-state index contributed by atoms with van der Waals surface area (Å²) in [4.78, 5) is 0. The van der Waals surface area contributed by atoms with Crippen molar-refractivity contribution < 1.29 is 14.2 Å². The van der Waals surface area contributed by atoms with E-state index < -0.39 is 0 Å². The van der Waals surface area contributed by atoms with E-state index in [1.165, 1.54) is 5.56 Å². The van der Waals surface area contributed by atoms with Gasteiger partial charge in [-0.3, -0.25) is 0 Å². The van der Waals surface area contributed by atoms with Crippen molar-refractivity contribution >= 4 is 0 Å². The number of fused-ring (bicyclic) bond motifs is 1.